The molecule has 7 nitrogen and oxygen atoms in total. The number of likely N-dealkylation sites (N-methyl/N-ethyl adjacent to an activating group) is 1. The lowest BCUT2D eigenvalue weighted by Gasteiger charge is -2.20. The van der Waals surface area contributed by atoms with E-state index >= 15 is 0 Å². The summed E-state index contributed by atoms with van der Waals surface area (Å²) in [5.74, 6) is 1.01. The molecule has 0 saturated heterocycles. The van der Waals surface area contributed by atoms with Gasteiger partial charge in [-0.3, -0.25) is 0 Å². The molecule has 0 aromatic carbocycles. The zero-order valence-electron chi connectivity index (χ0n) is 12.6. The van der Waals surface area contributed by atoms with Crippen LogP contribution in [0, 0.1) is 0 Å². The highest BCUT2D eigenvalue weighted by Gasteiger charge is 2.10. The molecule has 19 heavy (non-hydrogen) atoms. The van der Waals surface area contributed by atoms with Gasteiger partial charge in [0.2, 0.25) is 11.9 Å². The van der Waals surface area contributed by atoms with E-state index < -0.39 is 0 Å². The summed E-state index contributed by atoms with van der Waals surface area (Å²) in [6.07, 6.45) is 0.0284. The summed E-state index contributed by atoms with van der Waals surface area (Å²) in [4.78, 5) is 14.8. The van der Waals surface area contributed by atoms with Crippen molar-refractivity contribution in [3.8, 4) is 6.01 Å². The number of hydrogen-bond donors (Lipinski definition) is 2. The van der Waals surface area contributed by atoms with E-state index in [9.17, 15) is 0 Å². The lowest BCUT2D eigenvalue weighted by molar-refractivity contribution is 0.222. The first-order chi connectivity index (χ1) is 8.92. The standard InChI is InChI=1S/C12H24N6O/c1-8(2)19-12-16-10(13-4)15-11(17-12)14-7-9(3)18(5)6/h8-9H,7H2,1-6H3,(H2,13,14,15,16,17). The van der Waals surface area contributed by atoms with Crippen LogP contribution in [0.5, 0.6) is 6.01 Å². The lowest BCUT2D eigenvalue weighted by atomic mass is 10.3. The second kappa shape index (κ2) is 7.08. The van der Waals surface area contributed by atoms with Crippen molar-refractivity contribution in [3.63, 3.8) is 0 Å². The van der Waals surface area contributed by atoms with Crippen molar-refractivity contribution in [2.24, 2.45) is 0 Å². The molecule has 7 heteroatoms. The molecule has 0 aliphatic rings. The van der Waals surface area contributed by atoms with Gasteiger partial charge in [-0.1, -0.05) is 0 Å². The van der Waals surface area contributed by atoms with E-state index in [1.807, 2.05) is 27.9 Å². The van der Waals surface area contributed by atoms with Crippen molar-refractivity contribution in [3.05, 3.63) is 0 Å². The van der Waals surface area contributed by atoms with Crippen LogP contribution in [0.25, 0.3) is 0 Å². The number of nitrogens with one attached hydrogen (secondary N) is 2. The van der Waals surface area contributed by atoms with Gasteiger partial charge in [-0.25, -0.2) is 0 Å². The Hall–Kier alpha value is -1.63. The van der Waals surface area contributed by atoms with Gasteiger partial charge in [0, 0.05) is 19.6 Å². The lowest BCUT2D eigenvalue weighted by Crippen LogP contribution is -2.32. The minimum atomic E-state index is 0.0284. The molecule has 2 N–H and O–H groups in total. The van der Waals surface area contributed by atoms with E-state index in [0.29, 0.717) is 23.9 Å². The minimum Gasteiger partial charge on any atom is -0.461 e. The molecule has 1 aromatic rings. The number of anilines is 2. The van der Waals surface area contributed by atoms with E-state index in [4.69, 9.17) is 4.74 Å². The van der Waals surface area contributed by atoms with Gasteiger partial charge in [0.05, 0.1) is 6.10 Å². The first kappa shape index (κ1) is 15.4. The molecule has 0 radical (unpaired) electrons. The van der Waals surface area contributed by atoms with E-state index in [2.05, 4.69) is 37.4 Å². The van der Waals surface area contributed by atoms with Gasteiger partial charge in [-0.2, -0.15) is 15.0 Å². The summed E-state index contributed by atoms with van der Waals surface area (Å²) in [5.41, 5.74) is 0. The monoisotopic (exact) mass is 268 g/mol. The van der Waals surface area contributed by atoms with Crippen LogP contribution in [0.15, 0.2) is 0 Å². The quantitative estimate of drug-likeness (QED) is 0.766. The Morgan fingerprint density at radius 3 is 2.26 bits per heavy atom. The molecule has 1 heterocycles. The third kappa shape index (κ3) is 5.25. The largest absolute Gasteiger partial charge is 0.461 e. The Labute approximate surface area is 114 Å². The molecule has 108 valence electrons. The molecule has 0 aliphatic heterocycles. The van der Waals surface area contributed by atoms with E-state index in [-0.39, 0.29) is 6.10 Å². The predicted molar refractivity (Wildman–Crippen MR) is 76.8 cm³/mol. The highest BCUT2D eigenvalue weighted by Crippen LogP contribution is 2.12. The normalized spacial score (nSPS) is 12.6. The second-order valence-electron chi connectivity index (χ2n) is 4.88. The summed E-state index contributed by atoms with van der Waals surface area (Å²) in [5, 5.41) is 6.09. The SMILES string of the molecule is CNc1nc(NCC(C)N(C)C)nc(OC(C)C)n1. The van der Waals surface area contributed by atoms with Crippen molar-refractivity contribution >= 4 is 11.9 Å². The molecule has 0 saturated carbocycles. The summed E-state index contributed by atoms with van der Waals surface area (Å²) >= 11 is 0. The van der Waals surface area contributed by atoms with Gasteiger partial charge in [0.25, 0.3) is 0 Å². The van der Waals surface area contributed by atoms with E-state index in [1.165, 1.54) is 0 Å². The predicted octanol–water partition coefficient (Wildman–Crippen LogP) is 1.06. The fraction of sp³-hybridized carbons (Fsp3) is 0.750. The van der Waals surface area contributed by atoms with Gasteiger partial charge < -0.3 is 20.3 Å². The van der Waals surface area contributed by atoms with Gasteiger partial charge in [0.1, 0.15) is 0 Å². The fourth-order valence-electron chi connectivity index (χ4n) is 1.23. The molecule has 0 amide bonds. The zero-order chi connectivity index (χ0) is 14.4. The van der Waals surface area contributed by atoms with Gasteiger partial charge in [-0.15, -0.1) is 0 Å². The molecule has 1 atom stereocenters. The maximum absolute atomic E-state index is 5.50. The van der Waals surface area contributed by atoms with E-state index in [1.54, 1.807) is 7.05 Å². The van der Waals surface area contributed by atoms with Gasteiger partial charge in [0.15, 0.2) is 0 Å². The zero-order valence-corrected chi connectivity index (χ0v) is 12.6. The molecule has 1 unspecified atom stereocenters. The molecule has 1 rings (SSSR count). The Balaban J connectivity index is 2.76. The van der Waals surface area contributed by atoms with Crippen molar-refractivity contribution in [2.75, 3.05) is 38.3 Å². The van der Waals surface area contributed by atoms with Crippen molar-refractivity contribution in [1.82, 2.24) is 19.9 Å². The summed E-state index contributed by atoms with van der Waals surface area (Å²) in [6.45, 7) is 6.74. The van der Waals surface area contributed by atoms with Crippen molar-refractivity contribution in [1.29, 1.82) is 0 Å². The molecule has 0 fully saturated rings. The molecule has 1 aromatic heterocycles. The first-order valence-electron chi connectivity index (χ1n) is 6.43. The van der Waals surface area contributed by atoms with Gasteiger partial charge in [-0.05, 0) is 34.9 Å². The first-order valence-corrected chi connectivity index (χ1v) is 6.43. The van der Waals surface area contributed by atoms with Crippen LogP contribution in [0.3, 0.4) is 0 Å². The molecule has 0 bridgehead atoms. The summed E-state index contributed by atoms with van der Waals surface area (Å²) < 4.78 is 5.50. The molecular weight excluding hydrogens is 244 g/mol. The van der Waals surface area contributed by atoms with Crippen molar-refractivity contribution < 1.29 is 4.74 Å². The van der Waals surface area contributed by atoms with E-state index in [0.717, 1.165) is 6.54 Å². The smallest absolute Gasteiger partial charge is 0.323 e. The van der Waals surface area contributed by atoms with Crippen molar-refractivity contribution in [2.45, 2.75) is 32.9 Å². The highest BCUT2D eigenvalue weighted by atomic mass is 16.5. The number of rotatable bonds is 7. The summed E-state index contributed by atoms with van der Waals surface area (Å²) in [7, 11) is 5.83. The Bertz CT molecular complexity index is 396. The number of aromatic nitrogens is 3. The third-order valence-corrected chi connectivity index (χ3v) is 2.62. The van der Waals surface area contributed by atoms with Crippen LogP contribution in [0.2, 0.25) is 0 Å². The Morgan fingerprint density at radius 2 is 1.74 bits per heavy atom. The fourth-order valence-corrected chi connectivity index (χ4v) is 1.23. The average molecular weight is 268 g/mol. The average Bonchev–Trinajstić information content (AvgIpc) is 2.34. The number of ether oxygens (including phenoxy) is 1. The number of hydrogen-bond acceptors (Lipinski definition) is 7. The highest BCUT2D eigenvalue weighted by molar-refractivity contribution is 5.35. The minimum absolute atomic E-state index is 0.0284. The van der Waals surface area contributed by atoms with Crippen LogP contribution in [0.4, 0.5) is 11.9 Å². The van der Waals surface area contributed by atoms with Crippen LogP contribution in [0.1, 0.15) is 20.8 Å². The maximum atomic E-state index is 5.50. The number of nitrogens with zero attached hydrogens (tertiary/aromatic N) is 4. The van der Waals surface area contributed by atoms with Crippen LogP contribution < -0.4 is 15.4 Å². The molecule has 0 aliphatic carbocycles. The molecule has 0 spiro atoms. The van der Waals surface area contributed by atoms with Crippen LogP contribution >= 0.6 is 0 Å². The Morgan fingerprint density at radius 1 is 1.11 bits per heavy atom. The maximum Gasteiger partial charge on any atom is 0.323 e. The third-order valence-electron chi connectivity index (χ3n) is 2.62. The summed E-state index contributed by atoms with van der Waals surface area (Å²) in [6, 6.07) is 0.707. The van der Waals surface area contributed by atoms with Crippen LogP contribution in [-0.4, -0.2) is 59.7 Å². The molecular formula is C12H24N6O. The topological polar surface area (TPSA) is 75.2 Å². The second-order valence-corrected chi connectivity index (χ2v) is 4.88. The Kier molecular flexibility index (Phi) is 5.75. The van der Waals surface area contributed by atoms with Gasteiger partial charge >= 0.3 is 6.01 Å². The van der Waals surface area contributed by atoms with Crippen LogP contribution in [-0.2, 0) is 0 Å².